The predicted octanol–water partition coefficient (Wildman–Crippen LogP) is 3.42. The molecule has 2 rings (SSSR count). The Kier molecular flexibility index (Phi) is 4.81. The second kappa shape index (κ2) is 6.37. The fourth-order valence-corrected chi connectivity index (χ4v) is 3.03. The Balaban J connectivity index is 2.07. The van der Waals surface area contributed by atoms with Gasteiger partial charge in [-0.2, -0.15) is 0 Å². The third-order valence-electron chi connectivity index (χ3n) is 4.24. The van der Waals surface area contributed by atoms with Crippen LogP contribution in [0.3, 0.4) is 0 Å². The topological polar surface area (TPSA) is 40.7 Å². The SMILES string of the molecule is CNCC(c1ncc(C2CCCCC2)[nH]1)C(C)C. The van der Waals surface area contributed by atoms with Crippen molar-refractivity contribution in [3.8, 4) is 0 Å². The van der Waals surface area contributed by atoms with Crippen molar-refractivity contribution in [2.24, 2.45) is 5.92 Å². The molecule has 0 radical (unpaired) electrons. The number of nitrogens with one attached hydrogen (secondary N) is 2. The van der Waals surface area contributed by atoms with Gasteiger partial charge in [0.2, 0.25) is 0 Å². The molecule has 102 valence electrons. The standard InChI is InChI=1S/C15H27N3/c1-11(2)13(9-16-3)15-17-10-14(18-15)12-7-5-4-6-8-12/h10-13,16H,4-9H2,1-3H3,(H,17,18). The summed E-state index contributed by atoms with van der Waals surface area (Å²) in [7, 11) is 2.01. The molecular formula is C15H27N3. The molecule has 1 fully saturated rings. The number of aromatic amines is 1. The molecule has 1 aliphatic carbocycles. The Bertz CT molecular complexity index is 350. The number of H-pyrrole nitrogens is 1. The summed E-state index contributed by atoms with van der Waals surface area (Å²) in [6.45, 7) is 5.53. The summed E-state index contributed by atoms with van der Waals surface area (Å²) in [5, 5.41) is 3.28. The molecule has 0 aromatic carbocycles. The summed E-state index contributed by atoms with van der Waals surface area (Å²) < 4.78 is 0. The minimum atomic E-state index is 0.493. The summed E-state index contributed by atoms with van der Waals surface area (Å²) in [6.07, 6.45) is 8.91. The minimum absolute atomic E-state index is 0.493. The highest BCUT2D eigenvalue weighted by Crippen LogP contribution is 2.32. The monoisotopic (exact) mass is 249 g/mol. The van der Waals surface area contributed by atoms with Gasteiger partial charge in [-0.3, -0.25) is 0 Å². The van der Waals surface area contributed by atoms with Gasteiger partial charge in [0, 0.05) is 30.3 Å². The average Bonchev–Trinajstić information content (AvgIpc) is 2.86. The number of hydrogen-bond donors (Lipinski definition) is 2. The fourth-order valence-electron chi connectivity index (χ4n) is 3.03. The molecule has 0 spiro atoms. The van der Waals surface area contributed by atoms with E-state index in [2.05, 4.69) is 35.3 Å². The zero-order valence-corrected chi connectivity index (χ0v) is 12.0. The zero-order valence-electron chi connectivity index (χ0n) is 12.0. The molecule has 1 unspecified atom stereocenters. The van der Waals surface area contributed by atoms with Crippen LogP contribution in [0.1, 0.15) is 69.3 Å². The van der Waals surface area contributed by atoms with E-state index in [4.69, 9.17) is 0 Å². The van der Waals surface area contributed by atoms with Crippen LogP contribution >= 0.6 is 0 Å². The second-order valence-corrected chi connectivity index (χ2v) is 5.97. The average molecular weight is 249 g/mol. The van der Waals surface area contributed by atoms with E-state index in [9.17, 15) is 0 Å². The van der Waals surface area contributed by atoms with Gasteiger partial charge in [-0.05, 0) is 25.8 Å². The Hall–Kier alpha value is -0.830. The van der Waals surface area contributed by atoms with E-state index in [1.54, 1.807) is 0 Å². The number of nitrogens with zero attached hydrogens (tertiary/aromatic N) is 1. The van der Waals surface area contributed by atoms with Crippen LogP contribution in [-0.4, -0.2) is 23.6 Å². The largest absolute Gasteiger partial charge is 0.345 e. The van der Waals surface area contributed by atoms with Gasteiger partial charge >= 0.3 is 0 Å². The molecule has 3 heteroatoms. The van der Waals surface area contributed by atoms with Crippen LogP contribution in [-0.2, 0) is 0 Å². The van der Waals surface area contributed by atoms with Gasteiger partial charge in [-0.15, -0.1) is 0 Å². The highest BCUT2D eigenvalue weighted by atomic mass is 14.9. The molecule has 0 amide bonds. The summed E-state index contributed by atoms with van der Waals surface area (Å²) in [5.74, 6) is 3.00. The first-order valence-electron chi connectivity index (χ1n) is 7.41. The van der Waals surface area contributed by atoms with Crippen molar-refractivity contribution in [2.45, 2.75) is 57.8 Å². The maximum Gasteiger partial charge on any atom is 0.110 e. The maximum absolute atomic E-state index is 4.64. The lowest BCUT2D eigenvalue weighted by Gasteiger charge is -2.21. The first-order valence-corrected chi connectivity index (χ1v) is 7.41. The number of aromatic nitrogens is 2. The Labute approximate surface area is 111 Å². The second-order valence-electron chi connectivity index (χ2n) is 5.97. The summed E-state index contributed by atoms with van der Waals surface area (Å²) in [4.78, 5) is 8.23. The van der Waals surface area contributed by atoms with E-state index in [1.807, 2.05) is 7.05 Å². The third kappa shape index (κ3) is 3.14. The molecule has 1 saturated carbocycles. The van der Waals surface area contributed by atoms with Crippen molar-refractivity contribution < 1.29 is 0 Å². The van der Waals surface area contributed by atoms with Crippen LogP contribution < -0.4 is 5.32 Å². The molecule has 0 aliphatic heterocycles. The van der Waals surface area contributed by atoms with Crippen LogP contribution in [0.4, 0.5) is 0 Å². The molecule has 1 aromatic rings. The Morgan fingerprint density at radius 3 is 2.67 bits per heavy atom. The van der Waals surface area contributed by atoms with E-state index < -0.39 is 0 Å². The van der Waals surface area contributed by atoms with Crippen molar-refractivity contribution in [3.05, 3.63) is 17.7 Å². The minimum Gasteiger partial charge on any atom is -0.345 e. The highest BCUT2D eigenvalue weighted by molar-refractivity contribution is 5.12. The molecule has 1 heterocycles. The van der Waals surface area contributed by atoms with E-state index in [0.717, 1.165) is 12.5 Å². The Morgan fingerprint density at radius 2 is 2.06 bits per heavy atom. The normalized spacial score (nSPS) is 19.3. The van der Waals surface area contributed by atoms with Crippen LogP contribution in [0.25, 0.3) is 0 Å². The highest BCUT2D eigenvalue weighted by Gasteiger charge is 2.22. The van der Waals surface area contributed by atoms with E-state index in [1.165, 1.54) is 43.6 Å². The van der Waals surface area contributed by atoms with Crippen LogP contribution in [0, 0.1) is 5.92 Å². The van der Waals surface area contributed by atoms with Crippen molar-refractivity contribution in [1.82, 2.24) is 15.3 Å². The molecular weight excluding hydrogens is 222 g/mol. The smallest absolute Gasteiger partial charge is 0.110 e. The van der Waals surface area contributed by atoms with Crippen molar-refractivity contribution in [3.63, 3.8) is 0 Å². The van der Waals surface area contributed by atoms with Crippen LogP contribution in [0.15, 0.2) is 6.20 Å². The zero-order chi connectivity index (χ0) is 13.0. The summed E-state index contributed by atoms with van der Waals surface area (Å²) in [6, 6.07) is 0. The van der Waals surface area contributed by atoms with Crippen molar-refractivity contribution >= 4 is 0 Å². The molecule has 0 saturated heterocycles. The van der Waals surface area contributed by atoms with Crippen LogP contribution in [0.2, 0.25) is 0 Å². The van der Waals surface area contributed by atoms with Gasteiger partial charge in [0.15, 0.2) is 0 Å². The third-order valence-corrected chi connectivity index (χ3v) is 4.24. The predicted molar refractivity (Wildman–Crippen MR) is 75.9 cm³/mol. The van der Waals surface area contributed by atoms with E-state index in [0.29, 0.717) is 11.8 Å². The number of imidazole rings is 1. The van der Waals surface area contributed by atoms with Crippen molar-refractivity contribution in [1.29, 1.82) is 0 Å². The fraction of sp³-hybridized carbons (Fsp3) is 0.800. The number of rotatable bonds is 5. The molecule has 2 N–H and O–H groups in total. The Morgan fingerprint density at radius 1 is 1.33 bits per heavy atom. The number of hydrogen-bond acceptors (Lipinski definition) is 2. The lowest BCUT2D eigenvalue weighted by atomic mass is 9.87. The molecule has 3 nitrogen and oxygen atoms in total. The molecule has 1 aliphatic rings. The van der Waals surface area contributed by atoms with Gasteiger partial charge in [0.05, 0.1) is 0 Å². The molecule has 18 heavy (non-hydrogen) atoms. The van der Waals surface area contributed by atoms with Crippen LogP contribution in [0.5, 0.6) is 0 Å². The molecule has 1 atom stereocenters. The van der Waals surface area contributed by atoms with Gasteiger partial charge in [-0.1, -0.05) is 33.1 Å². The van der Waals surface area contributed by atoms with Crippen molar-refractivity contribution in [2.75, 3.05) is 13.6 Å². The number of likely N-dealkylation sites (N-methyl/N-ethyl adjacent to an activating group) is 1. The lowest BCUT2D eigenvalue weighted by Crippen LogP contribution is -2.22. The van der Waals surface area contributed by atoms with Gasteiger partial charge < -0.3 is 10.3 Å². The maximum atomic E-state index is 4.64. The molecule has 1 aromatic heterocycles. The first kappa shape index (κ1) is 13.6. The van der Waals surface area contributed by atoms with Gasteiger partial charge in [0.25, 0.3) is 0 Å². The summed E-state index contributed by atoms with van der Waals surface area (Å²) >= 11 is 0. The van der Waals surface area contributed by atoms with Gasteiger partial charge in [-0.25, -0.2) is 4.98 Å². The van der Waals surface area contributed by atoms with E-state index >= 15 is 0 Å². The first-order chi connectivity index (χ1) is 8.72. The quantitative estimate of drug-likeness (QED) is 0.839. The summed E-state index contributed by atoms with van der Waals surface area (Å²) in [5.41, 5.74) is 1.37. The molecule has 0 bridgehead atoms. The lowest BCUT2D eigenvalue weighted by molar-refractivity contribution is 0.433. The van der Waals surface area contributed by atoms with E-state index in [-0.39, 0.29) is 0 Å². The van der Waals surface area contributed by atoms with Gasteiger partial charge in [0.1, 0.15) is 5.82 Å².